The van der Waals surface area contributed by atoms with Crippen LogP contribution in [0.3, 0.4) is 0 Å². The molecule has 0 saturated heterocycles. The third-order valence-electron chi connectivity index (χ3n) is 4.16. The largest absolute Gasteiger partial charge is 0.484 e. The molecule has 0 N–H and O–H groups in total. The van der Waals surface area contributed by atoms with Gasteiger partial charge in [-0.2, -0.15) is 0 Å². The molecule has 0 radical (unpaired) electrons. The van der Waals surface area contributed by atoms with Crippen LogP contribution in [-0.4, -0.2) is 49.6 Å². The number of aryl methyl sites for hydroxylation is 1. The maximum atomic E-state index is 12.9. The number of ether oxygens (including phenoxy) is 1. The van der Waals surface area contributed by atoms with Gasteiger partial charge in [-0.1, -0.05) is 35.6 Å². The molecule has 0 bridgehead atoms. The SMILES string of the molecule is Cc1ccc2nc(N(CCCN(C)C)C(=O)COc3ccccc3)sc2c1. The molecule has 5 nitrogen and oxygen atoms in total. The van der Waals surface area contributed by atoms with Gasteiger partial charge in [0.15, 0.2) is 11.7 Å². The number of rotatable bonds is 8. The average molecular weight is 384 g/mol. The second kappa shape index (κ2) is 8.97. The van der Waals surface area contributed by atoms with Gasteiger partial charge in [0.1, 0.15) is 5.75 Å². The summed E-state index contributed by atoms with van der Waals surface area (Å²) in [6.07, 6.45) is 0.874. The molecule has 0 aliphatic rings. The number of fused-ring (bicyclic) bond motifs is 1. The molecule has 0 atom stereocenters. The van der Waals surface area contributed by atoms with Crippen LogP contribution < -0.4 is 9.64 Å². The summed E-state index contributed by atoms with van der Waals surface area (Å²) in [5, 5.41) is 0.732. The number of aromatic nitrogens is 1. The van der Waals surface area contributed by atoms with Crippen LogP contribution in [0.15, 0.2) is 48.5 Å². The van der Waals surface area contributed by atoms with Crippen molar-refractivity contribution in [3.05, 3.63) is 54.1 Å². The van der Waals surface area contributed by atoms with E-state index in [0.29, 0.717) is 12.3 Å². The van der Waals surface area contributed by atoms with Gasteiger partial charge in [-0.25, -0.2) is 4.98 Å². The third kappa shape index (κ3) is 5.28. The summed E-state index contributed by atoms with van der Waals surface area (Å²) in [6.45, 7) is 3.59. The van der Waals surface area contributed by atoms with Gasteiger partial charge in [0.25, 0.3) is 5.91 Å². The first kappa shape index (κ1) is 19.3. The molecule has 0 aliphatic carbocycles. The van der Waals surface area contributed by atoms with Crippen molar-refractivity contribution in [1.82, 2.24) is 9.88 Å². The van der Waals surface area contributed by atoms with Crippen LogP contribution in [0.5, 0.6) is 5.75 Å². The Kier molecular flexibility index (Phi) is 6.42. The van der Waals surface area contributed by atoms with E-state index in [-0.39, 0.29) is 12.5 Å². The highest BCUT2D eigenvalue weighted by Gasteiger charge is 2.20. The monoisotopic (exact) mass is 383 g/mol. The molecule has 1 heterocycles. The number of hydrogen-bond acceptors (Lipinski definition) is 5. The predicted octanol–water partition coefficient (Wildman–Crippen LogP) is 3.97. The zero-order valence-corrected chi connectivity index (χ0v) is 16.8. The van der Waals surface area contributed by atoms with E-state index < -0.39 is 0 Å². The second-order valence-corrected chi connectivity index (χ2v) is 7.78. The Bertz CT molecular complexity index is 893. The van der Waals surface area contributed by atoms with Crippen molar-refractivity contribution in [2.75, 3.05) is 38.7 Å². The van der Waals surface area contributed by atoms with Gasteiger partial charge in [-0.3, -0.25) is 9.69 Å². The smallest absolute Gasteiger partial charge is 0.266 e. The molecule has 3 aromatic rings. The third-order valence-corrected chi connectivity index (χ3v) is 5.20. The van der Waals surface area contributed by atoms with Crippen molar-refractivity contribution in [3.63, 3.8) is 0 Å². The van der Waals surface area contributed by atoms with E-state index in [4.69, 9.17) is 4.74 Å². The van der Waals surface area contributed by atoms with Crippen LogP contribution in [0.1, 0.15) is 12.0 Å². The van der Waals surface area contributed by atoms with Crippen molar-refractivity contribution in [3.8, 4) is 5.75 Å². The molecule has 142 valence electrons. The Morgan fingerprint density at radius 1 is 1.11 bits per heavy atom. The number of thiazole rings is 1. The molecule has 0 unspecified atom stereocenters. The molecule has 1 amide bonds. The van der Waals surface area contributed by atoms with E-state index in [0.717, 1.165) is 28.3 Å². The predicted molar refractivity (Wildman–Crippen MR) is 112 cm³/mol. The summed E-state index contributed by atoms with van der Waals surface area (Å²) >= 11 is 1.55. The van der Waals surface area contributed by atoms with Crippen LogP contribution >= 0.6 is 11.3 Å². The molecule has 3 rings (SSSR count). The maximum Gasteiger partial charge on any atom is 0.266 e. The van der Waals surface area contributed by atoms with Crippen molar-refractivity contribution < 1.29 is 9.53 Å². The summed E-state index contributed by atoms with van der Waals surface area (Å²) in [5.74, 6) is 0.618. The average Bonchev–Trinajstić information content (AvgIpc) is 3.06. The Morgan fingerprint density at radius 2 is 1.89 bits per heavy atom. The summed E-state index contributed by atoms with van der Waals surface area (Å²) in [5.41, 5.74) is 2.12. The number of anilines is 1. The molecule has 0 aliphatic heterocycles. The number of benzene rings is 2. The van der Waals surface area contributed by atoms with E-state index in [2.05, 4.69) is 22.9 Å². The zero-order chi connectivity index (χ0) is 19.2. The minimum atomic E-state index is -0.0756. The van der Waals surface area contributed by atoms with Crippen LogP contribution in [0.2, 0.25) is 0 Å². The first-order valence-corrected chi connectivity index (χ1v) is 9.85. The van der Waals surface area contributed by atoms with Crippen molar-refractivity contribution in [2.45, 2.75) is 13.3 Å². The Labute approximate surface area is 164 Å². The number of hydrogen-bond donors (Lipinski definition) is 0. The lowest BCUT2D eigenvalue weighted by molar-refractivity contribution is -0.120. The van der Waals surface area contributed by atoms with Gasteiger partial charge in [0, 0.05) is 6.54 Å². The van der Waals surface area contributed by atoms with Crippen LogP contribution in [0, 0.1) is 6.92 Å². The second-order valence-electron chi connectivity index (χ2n) is 6.77. The molecule has 2 aromatic carbocycles. The molecule has 27 heavy (non-hydrogen) atoms. The van der Waals surface area contributed by atoms with Crippen LogP contribution in [0.4, 0.5) is 5.13 Å². The van der Waals surface area contributed by atoms with Crippen LogP contribution in [0.25, 0.3) is 10.2 Å². The van der Waals surface area contributed by atoms with Gasteiger partial charge in [0.05, 0.1) is 10.2 Å². The first-order chi connectivity index (χ1) is 13.0. The summed E-state index contributed by atoms with van der Waals surface area (Å²) in [6, 6.07) is 15.6. The van der Waals surface area contributed by atoms with E-state index in [1.54, 1.807) is 16.2 Å². The van der Waals surface area contributed by atoms with E-state index in [9.17, 15) is 4.79 Å². The number of nitrogens with zero attached hydrogens (tertiary/aromatic N) is 3. The van der Waals surface area contributed by atoms with Crippen molar-refractivity contribution in [2.24, 2.45) is 0 Å². The molecular weight excluding hydrogens is 358 g/mol. The molecule has 0 spiro atoms. The summed E-state index contributed by atoms with van der Waals surface area (Å²) < 4.78 is 6.76. The Morgan fingerprint density at radius 3 is 2.63 bits per heavy atom. The fraction of sp³-hybridized carbons (Fsp3) is 0.333. The number of amides is 1. The van der Waals surface area contributed by atoms with Gasteiger partial charge in [-0.15, -0.1) is 0 Å². The van der Waals surface area contributed by atoms with E-state index >= 15 is 0 Å². The highest BCUT2D eigenvalue weighted by molar-refractivity contribution is 7.22. The zero-order valence-electron chi connectivity index (χ0n) is 16.0. The fourth-order valence-corrected chi connectivity index (χ4v) is 3.85. The van der Waals surface area contributed by atoms with Gasteiger partial charge in [-0.05, 0) is 63.8 Å². The minimum absolute atomic E-state index is 0.000923. The molecular formula is C21H25N3O2S. The first-order valence-electron chi connectivity index (χ1n) is 9.03. The van der Waals surface area contributed by atoms with E-state index in [1.165, 1.54) is 5.56 Å². The normalized spacial score (nSPS) is 11.1. The fourth-order valence-electron chi connectivity index (χ4n) is 2.75. The lowest BCUT2D eigenvalue weighted by atomic mass is 10.2. The molecule has 6 heteroatoms. The Balaban J connectivity index is 1.77. The summed E-state index contributed by atoms with van der Waals surface area (Å²) in [4.78, 5) is 21.4. The van der Waals surface area contributed by atoms with Gasteiger partial charge in [0.2, 0.25) is 0 Å². The quantitative estimate of drug-likeness (QED) is 0.590. The number of carbonyl (C=O) groups is 1. The standard InChI is InChI=1S/C21H25N3O2S/c1-16-10-11-18-19(14-16)27-21(22-18)24(13-7-12-23(2)3)20(25)15-26-17-8-5-4-6-9-17/h4-6,8-11,14H,7,12-13,15H2,1-3H3. The molecule has 0 saturated carbocycles. The van der Waals surface area contributed by atoms with Crippen molar-refractivity contribution in [1.29, 1.82) is 0 Å². The lowest BCUT2D eigenvalue weighted by Crippen LogP contribution is -2.36. The van der Waals surface area contributed by atoms with Gasteiger partial charge >= 0.3 is 0 Å². The number of carbonyl (C=O) groups excluding carboxylic acids is 1. The number of para-hydroxylation sites is 1. The lowest BCUT2D eigenvalue weighted by Gasteiger charge is -2.21. The van der Waals surface area contributed by atoms with Crippen LogP contribution in [-0.2, 0) is 4.79 Å². The highest BCUT2D eigenvalue weighted by atomic mass is 32.1. The minimum Gasteiger partial charge on any atom is -0.484 e. The Hall–Kier alpha value is -2.44. The molecule has 1 aromatic heterocycles. The summed E-state index contributed by atoms with van der Waals surface area (Å²) in [7, 11) is 4.07. The maximum absolute atomic E-state index is 12.9. The van der Waals surface area contributed by atoms with E-state index in [1.807, 2.05) is 56.6 Å². The van der Waals surface area contributed by atoms with Gasteiger partial charge < -0.3 is 9.64 Å². The highest BCUT2D eigenvalue weighted by Crippen LogP contribution is 2.29. The molecule has 0 fully saturated rings. The van der Waals surface area contributed by atoms with Crippen molar-refractivity contribution >= 4 is 32.6 Å². The topological polar surface area (TPSA) is 45.7 Å².